The van der Waals surface area contributed by atoms with Crippen molar-refractivity contribution in [2.24, 2.45) is 0 Å². The van der Waals surface area contributed by atoms with Crippen LogP contribution in [0.5, 0.6) is 0 Å². The highest BCUT2D eigenvalue weighted by Gasteiger charge is 2.36. The van der Waals surface area contributed by atoms with Crippen LogP contribution in [0.3, 0.4) is 0 Å². The molecule has 0 aromatic rings. The van der Waals surface area contributed by atoms with Gasteiger partial charge in [-0.15, -0.1) is 0 Å². The summed E-state index contributed by atoms with van der Waals surface area (Å²) in [5.74, 6) is -1.11. The van der Waals surface area contributed by atoms with E-state index in [4.69, 9.17) is 28.5 Å². The van der Waals surface area contributed by atoms with E-state index in [0.29, 0.717) is 31.5 Å². The Balaban J connectivity index is 2.39. The van der Waals surface area contributed by atoms with E-state index in [1.54, 1.807) is 0 Å². The maximum Gasteiger partial charge on any atom is 0.472 e. The van der Waals surface area contributed by atoms with Gasteiger partial charge in [0.05, 0.1) is 32.0 Å². The normalized spacial score (nSPS) is 17.8. The largest absolute Gasteiger partial charge is 0.472 e. The Morgan fingerprint density at radius 2 is 1.10 bits per heavy atom. The Labute approximate surface area is 360 Å². The van der Waals surface area contributed by atoms with Crippen LogP contribution in [-0.2, 0) is 46.5 Å². The number of aliphatic hydroxyl groups is 1. The number of hydrogen-bond donors (Lipinski definition) is 4. The number of rotatable bonds is 41. The Morgan fingerprint density at radius 3 is 1.75 bits per heavy atom. The van der Waals surface area contributed by atoms with E-state index in [1.807, 2.05) is 12.2 Å². The summed E-state index contributed by atoms with van der Waals surface area (Å²) in [5, 5.41) is 9.75. The first kappa shape index (κ1) is 56.1. The second kappa shape index (κ2) is 36.5. The summed E-state index contributed by atoms with van der Waals surface area (Å²) < 4.78 is 53.5. The monoisotopic (exact) mass is 892 g/mol. The van der Waals surface area contributed by atoms with Gasteiger partial charge in [0.25, 0.3) is 0 Å². The standard InChI is InChI=1S/C44H78O14P2/c1-3-5-7-8-9-10-11-12-13-14-15-16-17-18-23-26-30-34-44(47)57-40(38-56-60(51,52)55-36-39(45)35-54-59(48,49)50)37-53-43(46)33-29-25-22-20-19-21-24-28-32-42-41(58-42)31-27-6-4-2/h12-13,15-16,18,23-24,28,39-42,45H,3-11,14,17,19-22,25-27,29-38H2,1-2H3,(H,51,52)(H2,48,49,50)/b13-12-,16-15-,23-18-,28-24-/t39-,40+,41?,42?/m0/s1. The van der Waals surface area contributed by atoms with Gasteiger partial charge in [-0.25, -0.2) is 9.13 Å². The minimum atomic E-state index is -4.87. The number of esters is 2. The molecule has 1 aliphatic rings. The number of phosphoric ester groups is 2. The summed E-state index contributed by atoms with van der Waals surface area (Å²) in [5.41, 5.74) is 0. The smallest absolute Gasteiger partial charge is 0.462 e. The number of carbonyl (C=O) groups excluding carboxylic acids is 2. The number of aliphatic hydroxyl groups excluding tert-OH is 1. The van der Waals surface area contributed by atoms with Crippen LogP contribution in [0.4, 0.5) is 0 Å². The van der Waals surface area contributed by atoms with Gasteiger partial charge < -0.3 is 34.0 Å². The molecule has 3 unspecified atom stereocenters. The van der Waals surface area contributed by atoms with E-state index in [0.717, 1.165) is 64.2 Å². The molecule has 0 bridgehead atoms. The lowest BCUT2D eigenvalue weighted by atomic mass is 10.1. The molecule has 1 saturated heterocycles. The molecule has 0 aromatic heterocycles. The Bertz CT molecular complexity index is 1310. The highest BCUT2D eigenvalue weighted by Crippen LogP contribution is 2.44. The van der Waals surface area contributed by atoms with Crippen molar-refractivity contribution in [3.8, 4) is 0 Å². The van der Waals surface area contributed by atoms with E-state index >= 15 is 0 Å². The first-order valence-electron chi connectivity index (χ1n) is 22.5. The van der Waals surface area contributed by atoms with Gasteiger partial charge in [-0.3, -0.25) is 23.2 Å². The van der Waals surface area contributed by atoms with Crippen LogP contribution >= 0.6 is 15.6 Å². The molecule has 14 nitrogen and oxygen atoms in total. The number of epoxide rings is 1. The van der Waals surface area contributed by atoms with Crippen LogP contribution in [-0.4, -0.2) is 82.6 Å². The fraction of sp³-hybridized carbons (Fsp3) is 0.773. The SMILES string of the molecule is CCCCCCCC/C=C\C/C=C\C/C=C\CCCC(=O)O[C@H](COC(=O)CCCCCCC/C=C\CC1OC1CCCCC)COP(=O)(O)OC[C@@H](O)COP(=O)(O)O. The van der Waals surface area contributed by atoms with E-state index in [1.165, 1.54) is 57.8 Å². The van der Waals surface area contributed by atoms with Gasteiger partial charge in [-0.05, 0) is 70.6 Å². The van der Waals surface area contributed by atoms with E-state index < -0.39 is 66.2 Å². The summed E-state index contributed by atoms with van der Waals surface area (Å²) in [7, 11) is -9.70. The van der Waals surface area contributed by atoms with Crippen LogP contribution < -0.4 is 0 Å². The first-order valence-corrected chi connectivity index (χ1v) is 25.5. The van der Waals surface area contributed by atoms with Gasteiger partial charge in [0, 0.05) is 12.8 Å². The molecule has 16 heteroatoms. The molecule has 60 heavy (non-hydrogen) atoms. The average molecular weight is 893 g/mol. The molecule has 0 saturated carbocycles. The van der Waals surface area contributed by atoms with Crippen LogP contribution in [0.25, 0.3) is 0 Å². The number of ether oxygens (including phenoxy) is 3. The number of hydrogen-bond acceptors (Lipinski definition) is 11. The Morgan fingerprint density at radius 1 is 0.583 bits per heavy atom. The van der Waals surface area contributed by atoms with E-state index in [-0.39, 0.29) is 12.8 Å². The molecule has 1 aliphatic heterocycles. The number of phosphoric acid groups is 2. The van der Waals surface area contributed by atoms with Crippen molar-refractivity contribution in [2.75, 3.05) is 26.4 Å². The van der Waals surface area contributed by atoms with Crippen molar-refractivity contribution in [1.82, 2.24) is 0 Å². The van der Waals surface area contributed by atoms with E-state index in [9.17, 15) is 28.7 Å². The quantitative estimate of drug-likeness (QED) is 0.0148. The summed E-state index contributed by atoms with van der Waals surface area (Å²) >= 11 is 0. The molecule has 0 aromatic carbocycles. The van der Waals surface area contributed by atoms with Gasteiger partial charge in [0.15, 0.2) is 6.10 Å². The van der Waals surface area contributed by atoms with Crippen LogP contribution in [0.1, 0.15) is 168 Å². The van der Waals surface area contributed by atoms with Gasteiger partial charge in [-0.1, -0.05) is 133 Å². The summed E-state index contributed by atoms with van der Waals surface area (Å²) in [4.78, 5) is 52.7. The minimum absolute atomic E-state index is 0.0530. The molecular formula is C44H78O14P2. The number of unbranched alkanes of at least 4 members (excludes halogenated alkanes) is 14. The molecule has 0 radical (unpaired) electrons. The third-order valence-corrected chi connectivity index (χ3v) is 11.0. The van der Waals surface area contributed by atoms with Crippen molar-refractivity contribution in [1.29, 1.82) is 0 Å². The Kier molecular flexibility index (Phi) is 34.1. The molecule has 1 heterocycles. The molecule has 1 fully saturated rings. The maximum absolute atomic E-state index is 12.7. The molecule has 1 rings (SSSR count). The number of allylic oxidation sites excluding steroid dienone is 7. The van der Waals surface area contributed by atoms with Crippen molar-refractivity contribution >= 4 is 27.6 Å². The predicted molar refractivity (Wildman–Crippen MR) is 234 cm³/mol. The van der Waals surface area contributed by atoms with E-state index in [2.05, 4.69) is 59.4 Å². The number of carbonyl (C=O) groups is 2. The van der Waals surface area contributed by atoms with Crippen LogP contribution in [0.15, 0.2) is 48.6 Å². The fourth-order valence-electron chi connectivity index (χ4n) is 6.08. The highest BCUT2D eigenvalue weighted by molar-refractivity contribution is 7.47. The summed E-state index contributed by atoms with van der Waals surface area (Å²) in [6.07, 6.45) is 38.5. The maximum atomic E-state index is 12.7. The zero-order valence-electron chi connectivity index (χ0n) is 36.5. The Hall–Kier alpha value is -1.96. The molecule has 348 valence electrons. The van der Waals surface area contributed by atoms with Gasteiger partial charge in [0.1, 0.15) is 12.7 Å². The van der Waals surface area contributed by atoms with Crippen molar-refractivity contribution in [3.63, 3.8) is 0 Å². The zero-order valence-corrected chi connectivity index (χ0v) is 38.3. The topological polar surface area (TPSA) is 208 Å². The molecule has 4 N–H and O–H groups in total. The first-order chi connectivity index (χ1) is 28.8. The average Bonchev–Trinajstić information content (AvgIpc) is 3.96. The molecule has 0 amide bonds. The molecule has 0 spiro atoms. The minimum Gasteiger partial charge on any atom is -0.462 e. The molecule has 0 aliphatic carbocycles. The third-order valence-electron chi connectivity index (χ3n) is 9.60. The van der Waals surface area contributed by atoms with Gasteiger partial charge in [-0.2, -0.15) is 0 Å². The zero-order chi connectivity index (χ0) is 44.2. The third kappa shape index (κ3) is 36.7. The summed E-state index contributed by atoms with van der Waals surface area (Å²) in [6.45, 7) is 1.65. The van der Waals surface area contributed by atoms with Gasteiger partial charge in [0.2, 0.25) is 0 Å². The lowest BCUT2D eigenvalue weighted by Gasteiger charge is -2.20. The van der Waals surface area contributed by atoms with Crippen LogP contribution in [0, 0.1) is 0 Å². The van der Waals surface area contributed by atoms with Gasteiger partial charge >= 0.3 is 27.6 Å². The molecule has 5 atom stereocenters. The predicted octanol–water partition coefficient (Wildman–Crippen LogP) is 10.4. The second-order valence-electron chi connectivity index (χ2n) is 15.4. The fourth-order valence-corrected chi connectivity index (χ4v) is 7.23. The second-order valence-corrected chi connectivity index (χ2v) is 18.0. The summed E-state index contributed by atoms with van der Waals surface area (Å²) in [6, 6.07) is 0. The van der Waals surface area contributed by atoms with Crippen molar-refractivity contribution in [3.05, 3.63) is 48.6 Å². The molecular weight excluding hydrogens is 814 g/mol. The lowest BCUT2D eigenvalue weighted by molar-refractivity contribution is -0.161. The highest BCUT2D eigenvalue weighted by atomic mass is 31.2. The van der Waals surface area contributed by atoms with Crippen LogP contribution in [0.2, 0.25) is 0 Å². The van der Waals surface area contributed by atoms with Crippen molar-refractivity contribution < 1.29 is 66.3 Å². The van der Waals surface area contributed by atoms with Crippen molar-refractivity contribution in [2.45, 2.75) is 192 Å². The lowest BCUT2D eigenvalue weighted by Crippen LogP contribution is -2.29.